The van der Waals surface area contributed by atoms with Gasteiger partial charge < -0.3 is 15.5 Å². The van der Waals surface area contributed by atoms with E-state index < -0.39 is 5.82 Å². The predicted octanol–water partition coefficient (Wildman–Crippen LogP) is 1.40. The lowest BCUT2D eigenvalue weighted by molar-refractivity contribution is -0.132. The lowest BCUT2D eigenvalue weighted by Gasteiger charge is -2.34. The van der Waals surface area contributed by atoms with Gasteiger partial charge in [0, 0.05) is 31.9 Å². The number of carbonyl (C=O) groups is 3. The van der Waals surface area contributed by atoms with Gasteiger partial charge >= 0.3 is 0 Å². The van der Waals surface area contributed by atoms with E-state index in [4.69, 9.17) is 0 Å². The van der Waals surface area contributed by atoms with Gasteiger partial charge in [0.1, 0.15) is 5.82 Å². The molecule has 148 valence electrons. The molecule has 0 saturated carbocycles. The van der Waals surface area contributed by atoms with Crippen molar-refractivity contribution in [1.29, 1.82) is 0 Å². The van der Waals surface area contributed by atoms with E-state index in [0.717, 1.165) is 0 Å². The monoisotopic (exact) mass is 404 g/mol. The highest BCUT2D eigenvalue weighted by Gasteiger charge is 2.23. The first-order valence-corrected chi connectivity index (χ1v) is 9.76. The number of benzene rings is 1. The van der Waals surface area contributed by atoms with E-state index >= 15 is 0 Å². The molecule has 3 amide bonds. The van der Waals surface area contributed by atoms with Crippen LogP contribution in [-0.4, -0.2) is 66.8 Å². The fourth-order valence-electron chi connectivity index (χ4n) is 2.89. The zero-order chi connectivity index (χ0) is 19.9. The molecule has 1 fully saturated rings. The Labute approximate surface area is 166 Å². The molecule has 0 bridgehead atoms. The van der Waals surface area contributed by atoms with Gasteiger partial charge in [-0.05, 0) is 29.6 Å². The van der Waals surface area contributed by atoms with Gasteiger partial charge in [-0.2, -0.15) is 0 Å². The molecule has 7 nitrogen and oxygen atoms in total. The first kappa shape index (κ1) is 20.0. The number of halogens is 1. The average molecular weight is 404 g/mol. The van der Waals surface area contributed by atoms with E-state index in [1.165, 1.54) is 29.5 Å². The van der Waals surface area contributed by atoms with Gasteiger partial charge in [-0.3, -0.25) is 19.3 Å². The number of hydrogen-bond acceptors (Lipinski definition) is 5. The van der Waals surface area contributed by atoms with Gasteiger partial charge in [0.05, 0.1) is 18.0 Å². The number of piperazine rings is 1. The Morgan fingerprint density at radius 3 is 2.54 bits per heavy atom. The summed E-state index contributed by atoms with van der Waals surface area (Å²) in [6.07, 6.45) is 0. The molecule has 2 N–H and O–H groups in total. The largest absolute Gasteiger partial charge is 0.342 e. The summed E-state index contributed by atoms with van der Waals surface area (Å²) in [6.45, 7) is 2.22. The van der Waals surface area contributed by atoms with Crippen molar-refractivity contribution in [3.63, 3.8) is 0 Å². The number of nitrogens with one attached hydrogen (secondary N) is 2. The molecule has 1 aromatic heterocycles. The summed E-state index contributed by atoms with van der Waals surface area (Å²) < 4.78 is 13.2. The van der Waals surface area contributed by atoms with Gasteiger partial charge in [-0.15, -0.1) is 11.3 Å². The molecular weight excluding hydrogens is 383 g/mol. The maximum absolute atomic E-state index is 13.2. The fourth-order valence-corrected chi connectivity index (χ4v) is 3.53. The summed E-state index contributed by atoms with van der Waals surface area (Å²) in [4.78, 5) is 40.4. The number of carbonyl (C=O) groups excluding carboxylic acids is 3. The van der Waals surface area contributed by atoms with E-state index in [9.17, 15) is 18.8 Å². The lowest BCUT2D eigenvalue weighted by Crippen LogP contribution is -2.52. The van der Waals surface area contributed by atoms with Gasteiger partial charge in [-0.25, -0.2) is 4.39 Å². The highest BCUT2D eigenvalue weighted by molar-refractivity contribution is 7.12. The number of nitrogens with zero attached hydrogens (tertiary/aromatic N) is 2. The number of rotatable bonds is 6. The fraction of sp³-hybridized carbons (Fsp3) is 0.316. The molecule has 1 aliphatic rings. The van der Waals surface area contributed by atoms with Crippen molar-refractivity contribution >= 4 is 34.7 Å². The van der Waals surface area contributed by atoms with Gasteiger partial charge in [0.2, 0.25) is 11.8 Å². The van der Waals surface area contributed by atoms with Crippen LogP contribution in [0.25, 0.3) is 0 Å². The second-order valence-electron chi connectivity index (χ2n) is 6.38. The quantitative estimate of drug-likeness (QED) is 0.763. The second-order valence-corrected chi connectivity index (χ2v) is 7.32. The predicted molar refractivity (Wildman–Crippen MR) is 105 cm³/mol. The highest BCUT2D eigenvalue weighted by atomic mass is 32.1. The van der Waals surface area contributed by atoms with Crippen molar-refractivity contribution in [1.82, 2.24) is 15.1 Å². The standard InChI is InChI=1S/C19H21FN4O3S/c20-14-3-1-4-15(11-14)22-17(25)13-23-6-8-24(9-7-23)18(26)12-21-19(27)16-5-2-10-28-16/h1-5,10-11H,6-9,12-13H2,(H,21,27)(H,22,25). The van der Waals surface area contributed by atoms with E-state index in [0.29, 0.717) is 36.7 Å². The molecule has 1 aliphatic heterocycles. The number of anilines is 1. The molecule has 0 atom stereocenters. The van der Waals surface area contributed by atoms with Crippen molar-refractivity contribution in [2.24, 2.45) is 0 Å². The van der Waals surface area contributed by atoms with Crippen molar-refractivity contribution in [2.75, 3.05) is 44.6 Å². The van der Waals surface area contributed by atoms with Crippen LogP contribution in [-0.2, 0) is 9.59 Å². The Bertz CT molecular complexity index is 835. The molecule has 1 saturated heterocycles. The molecule has 3 rings (SSSR count). The van der Waals surface area contributed by atoms with Crippen LogP contribution in [0.5, 0.6) is 0 Å². The molecule has 9 heteroatoms. The number of amides is 3. The third-order valence-electron chi connectivity index (χ3n) is 4.35. The number of hydrogen-bond donors (Lipinski definition) is 2. The molecule has 0 spiro atoms. The van der Waals surface area contributed by atoms with Crippen molar-refractivity contribution in [3.05, 3.63) is 52.5 Å². The highest BCUT2D eigenvalue weighted by Crippen LogP contribution is 2.10. The molecule has 1 aromatic carbocycles. The maximum Gasteiger partial charge on any atom is 0.261 e. The SMILES string of the molecule is O=C(CN1CCN(C(=O)CNC(=O)c2cccs2)CC1)Nc1cccc(F)c1. The summed E-state index contributed by atoms with van der Waals surface area (Å²) in [5.41, 5.74) is 0.417. The molecule has 0 radical (unpaired) electrons. The maximum atomic E-state index is 13.2. The smallest absolute Gasteiger partial charge is 0.261 e. The third kappa shape index (κ3) is 5.61. The summed E-state index contributed by atoms with van der Waals surface area (Å²) in [7, 11) is 0. The van der Waals surface area contributed by atoms with Crippen LogP contribution >= 0.6 is 11.3 Å². The van der Waals surface area contributed by atoms with Crippen LogP contribution in [0.15, 0.2) is 41.8 Å². The number of thiophene rings is 1. The van der Waals surface area contributed by atoms with E-state index in [1.807, 2.05) is 4.90 Å². The van der Waals surface area contributed by atoms with Gasteiger partial charge in [0.15, 0.2) is 0 Å². The first-order chi connectivity index (χ1) is 13.5. The van der Waals surface area contributed by atoms with Crippen LogP contribution in [0.2, 0.25) is 0 Å². The summed E-state index contributed by atoms with van der Waals surface area (Å²) >= 11 is 1.32. The minimum atomic E-state index is -0.406. The van der Waals surface area contributed by atoms with Crippen LogP contribution in [0.4, 0.5) is 10.1 Å². The molecular formula is C19H21FN4O3S. The Morgan fingerprint density at radius 1 is 1.07 bits per heavy atom. The zero-order valence-corrected chi connectivity index (χ0v) is 16.0. The Kier molecular flexibility index (Phi) is 6.72. The Hall–Kier alpha value is -2.78. The van der Waals surface area contributed by atoms with Crippen LogP contribution < -0.4 is 10.6 Å². The van der Waals surface area contributed by atoms with E-state index in [1.54, 1.807) is 28.5 Å². The van der Waals surface area contributed by atoms with E-state index in [2.05, 4.69) is 10.6 Å². The van der Waals surface area contributed by atoms with Gasteiger partial charge in [-0.1, -0.05) is 12.1 Å². The van der Waals surface area contributed by atoms with Crippen LogP contribution in [0.3, 0.4) is 0 Å². The summed E-state index contributed by atoms with van der Waals surface area (Å²) in [6, 6.07) is 9.23. The average Bonchev–Trinajstić information content (AvgIpc) is 3.21. The topological polar surface area (TPSA) is 81.8 Å². The van der Waals surface area contributed by atoms with E-state index in [-0.39, 0.29) is 30.8 Å². The Balaban J connectivity index is 1.38. The molecule has 2 aromatic rings. The summed E-state index contributed by atoms with van der Waals surface area (Å²) in [5, 5.41) is 7.10. The molecule has 2 heterocycles. The van der Waals surface area contributed by atoms with Gasteiger partial charge in [0.25, 0.3) is 5.91 Å². The molecule has 0 aliphatic carbocycles. The first-order valence-electron chi connectivity index (χ1n) is 8.88. The molecule has 28 heavy (non-hydrogen) atoms. The zero-order valence-electron chi connectivity index (χ0n) is 15.2. The third-order valence-corrected chi connectivity index (χ3v) is 5.21. The molecule has 0 unspecified atom stereocenters. The normalized spacial score (nSPS) is 14.5. The minimum absolute atomic E-state index is 0.0449. The lowest BCUT2D eigenvalue weighted by atomic mass is 10.3. The van der Waals surface area contributed by atoms with Crippen LogP contribution in [0.1, 0.15) is 9.67 Å². The second kappa shape index (κ2) is 9.43. The van der Waals surface area contributed by atoms with Crippen molar-refractivity contribution in [3.8, 4) is 0 Å². The Morgan fingerprint density at radius 2 is 1.86 bits per heavy atom. The summed E-state index contributed by atoms with van der Waals surface area (Å²) in [5.74, 6) is -1.03. The van der Waals surface area contributed by atoms with Crippen molar-refractivity contribution < 1.29 is 18.8 Å². The van der Waals surface area contributed by atoms with Crippen molar-refractivity contribution in [2.45, 2.75) is 0 Å². The minimum Gasteiger partial charge on any atom is -0.342 e. The van der Waals surface area contributed by atoms with Crippen LogP contribution in [0, 0.1) is 5.82 Å².